The quantitative estimate of drug-likeness (QED) is 0.167. The summed E-state index contributed by atoms with van der Waals surface area (Å²) in [4.78, 5) is 61.6. The average molecular weight is 791 g/mol. The second-order valence-corrected chi connectivity index (χ2v) is 15.6. The lowest BCUT2D eigenvalue weighted by Crippen LogP contribution is -2.53. The first-order valence-corrected chi connectivity index (χ1v) is 18.5. The van der Waals surface area contributed by atoms with Crippen molar-refractivity contribution in [2.75, 3.05) is 12.0 Å². The monoisotopic (exact) mass is 790 g/mol. The number of halogens is 2. The van der Waals surface area contributed by atoms with E-state index in [0.717, 1.165) is 37.7 Å². The van der Waals surface area contributed by atoms with E-state index in [1.165, 1.54) is 12.0 Å². The van der Waals surface area contributed by atoms with Gasteiger partial charge in [0.05, 0.1) is 39.5 Å². The van der Waals surface area contributed by atoms with E-state index in [9.17, 15) is 19.5 Å². The van der Waals surface area contributed by atoms with Crippen LogP contribution in [0.1, 0.15) is 62.0 Å². The van der Waals surface area contributed by atoms with E-state index in [4.69, 9.17) is 16.3 Å². The fourth-order valence-electron chi connectivity index (χ4n) is 9.76. The molecule has 2 saturated carbocycles. The number of phenolic OH excluding ortho intramolecular Hbond substituents is 1. The van der Waals surface area contributed by atoms with Gasteiger partial charge in [-0.3, -0.25) is 24.1 Å². The Kier molecular flexibility index (Phi) is 8.13. The van der Waals surface area contributed by atoms with Crippen molar-refractivity contribution >= 4 is 63.5 Å². The van der Waals surface area contributed by atoms with Crippen LogP contribution < -0.4 is 9.64 Å². The highest BCUT2D eigenvalue weighted by Crippen LogP contribution is 2.65. The molecule has 0 bridgehead atoms. The number of hydrogen-bond donors (Lipinski definition) is 1. The van der Waals surface area contributed by atoms with Crippen molar-refractivity contribution in [2.45, 2.75) is 62.3 Å². The average Bonchev–Trinajstić information content (AvgIpc) is 3.50. The number of methoxy groups -OCH3 is 1. The van der Waals surface area contributed by atoms with E-state index in [2.05, 4.69) is 28.7 Å². The summed E-state index contributed by atoms with van der Waals surface area (Å²) in [6.07, 6.45) is 7.41. The number of phenols is 1. The Labute approximate surface area is 303 Å². The molecule has 2 saturated heterocycles. The van der Waals surface area contributed by atoms with Gasteiger partial charge in [-0.2, -0.15) is 0 Å². The van der Waals surface area contributed by atoms with Crippen molar-refractivity contribution in [1.29, 1.82) is 0 Å². The third-order valence-electron chi connectivity index (χ3n) is 11.7. The molecule has 0 radical (unpaired) electrons. The van der Waals surface area contributed by atoms with Gasteiger partial charge in [0.2, 0.25) is 23.6 Å². The van der Waals surface area contributed by atoms with Crippen molar-refractivity contribution in [3.63, 3.8) is 0 Å². The summed E-state index contributed by atoms with van der Waals surface area (Å²) in [7, 11) is 1.48. The van der Waals surface area contributed by atoms with Crippen molar-refractivity contribution in [2.24, 2.45) is 23.7 Å². The van der Waals surface area contributed by atoms with Crippen molar-refractivity contribution in [3.8, 4) is 11.5 Å². The molecule has 3 aromatic rings. The van der Waals surface area contributed by atoms with E-state index in [0.29, 0.717) is 31.8 Å². The van der Waals surface area contributed by atoms with Gasteiger partial charge in [-0.25, -0.2) is 4.90 Å². The minimum absolute atomic E-state index is 0.0173. The smallest absolute Gasteiger partial charge is 0.246 e. The first kappa shape index (κ1) is 32.5. The summed E-state index contributed by atoms with van der Waals surface area (Å²) in [5, 5.41) is 11.3. The van der Waals surface area contributed by atoms with Crippen molar-refractivity contribution in [3.05, 3.63) is 98.1 Å². The van der Waals surface area contributed by atoms with Crippen LogP contribution in [0.3, 0.4) is 0 Å². The maximum atomic E-state index is 15.4. The zero-order valence-corrected chi connectivity index (χ0v) is 29.9. The maximum absolute atomic E-state index is 15.4. The van der Waals surface area contributed by atoms with E-state index in [-0.39, 0.29) is 47.6 Å². The van der Waals surface area contributed by atoms with Crippen LogP contribution >= 0.6 is 34.2 Å². The lowest BCUT2D eigenvalue weighted by molar-refractivity contribution is -0.143. The predicted octanol–water partition coefficient (Wildman–Crippen LogP) is 7.15. The Hall–Kier alpha value is -3.70. The number of benzene rings is 3. The first-order chi connectivity index (χ1) is 23.7. The first-order valence-electron chi connectivity index (χ1n) is 17.0. The molecule has 2 heterocycles. The van der Waals surface area contributed by atoms with E-state index in [1.54, 1.807) is 35.2 Å². The second-order valence-electron chi connectivity index (χ2n) is 14.0. The number of aromatic hydroxyl groups is 1. The molecule has 252 valence electrons. The lowest BCUT2D eigenvalue weighted by Gasteiger charge is -2.50. The molecular formula is C39H36ClIN2O6. The molecule has 6 unspecified atom stereocenters. The highest BCUT2D eigenvalue weighted by atomic mass is 127. The summed E-state index contributed by atoms with van der Waals surface area (Å²) in [6, 6.07) is 19.7. The van der Waals surface area contributed by atoms with E-state index in [1.807, 2.05) is 36.4 Å². The number of hydrogen-bond acceptors (Lipinski definition) is 6. The minimum Gasteiger partial charge on any atom is -0.504 e. The molecular weight excluding hydrogens is 755 g/mol. The van der Waals surface area contributed by atoms with Crippen molar-refractivity contribution in [1.82, 2.24) is 4.90 Å². The van der Waals surface area contributed by atoms with E-state index < -0.39 is 35.0 Å². The Morgan fingerprint density at radius 1 is 0.898 bits per heavy atom. The fourth-order valence-corrected chi connectivity index (χ4v) is 10.6. The Bertz CT molecular complexity index is 1930. The SMILES string of the molecule is COc1cc(C2C3=CCC4C(=O)N(C5CCCCC5)C(=O)C4C3CC3C(=O)N(c4cccc(Cl)c4)C(=O)C32c2ccccc2)cc(I)c1O. The van der Waals surface area contributed by atoms with Gasteiger partial charge in [0.15, 0.2) is 11.5 Å². The summed E-state index contributed by atoms with van der Waals surface area (Å²) in [5.41, 5.74) is 1.25. The van der Waals surface area contributed by atoms with Gasteiger partial charge in [-0.05, 0) is 95.7 Å². The molecule has 4 fully saturated rings. The summed E-state index contributed by atoms with van der Waals surface area (Å²) < 4.78 is 6.15. The number of rotatable bonds is 5. The Morgan fingerprint density at radius 3 is 2.37 bits per heavy atom. The molecule has 3 aliphatic carbocycles. The minimum atomic E-state index is -1.39. The van der Waals surface area contributed by atoms with Gasteiger partial charge in [0.25, 0.3) is 0 Å². The molecule has 4 amide bonds. The van der Waals surface area contributed by atoms with Crippen LogP contribution in [0.25, 0.3) is 0 Å². The van der Waals surface area contributed by atoms with Crippen LogP contribution in [0.2, 0.25) is 5.02 Å². The largest absolute Gasteiger partial charge is 0.504 e. The van der Waals surface area contributed by atoms with E-state index >= 15 is 4.79 Å². The molecule has 5 aliphatic rings. The van der Waals surface area contributed by atoms with Crippen LogP contribution in [0, 0.1) is 27.2 Å². The molecule has 0 aromatic heterocycles. The highest BCUT2D eigenvalue weighted by molar-refractivity contribution is 14.1. The third kappa shape index (κ3) is 4.74. The number of amides is 4. The maximum Gasteiger partial charge on any atom is 0.246 e. The standard InChI is InChI=1S/C39H36ClIN2O6/c1-49-31-18-21(17-30(41)34(31)44)33-26-15-16-27-32(37(47)42(35(27)45)24-12-6-3-7-13-24)28(26)20-29-36(46)43(25-14-8-11-23(40)19-25)38(48)39(29,33)22-9-4-2-5-10-22/h2,4-5,8-11,14-15,17-19,24,27-29,32-33,44H,3,6-7,12-13,16,20H2,1H3. The Balaban J connectivity index is 1.36. The Morgan fingerprint density at radius 2 is 1.65 bits per heavy atom. The fraction of sp³-hybridized carbons (Fsp3) is 0.385. The summed E-state index contributed by atoms with van der Waals surface area (Å²) >= 11 is 8.47. The van der Waals surface area contributed by atoms with Gasteiger partial charge in [0, 0.05) is 17.0 Å². The van der Waals surface area contributed by atoms with Crippen LogP contribution in [0.15, 0.2) is 78.4 Å². The number of allylic oxidation sites excluding steroid dienone is 2. The van der Waals surface area contributed by atoms with Gasteiger partial charge in [0.1, 0.15) is 0 Å². The molecule has 49 heavy (non-hydrogen) atoms. The molecule has 8 nitrogen and oxygen atoms in total. The van der Waals surface area contributed by atoms with Gasteiger partial charge in [-0.1, -0.05) is 78.9 Å². The lowest BCUT2D eigenvalue weighted by atomic mass is 9.49. The number of nitrogens with zero attached hydrogens (tertiary/aromatic N) is 2. The van der Waals surface area contributed by atoms with Crippen LogP contribution in [0.5, 0.6) is 11.5 Å². The number of carbonyl (C=O) groups is 4. The molecule has 3 aromatic carbocycles. The summed E-state index contributed by atoms with van der Waals surface area (Å²) in [6.45, 7) is 0. The van der Waals surface area contributed by atoms with Crippen LogP contribution in [-0.4, -0.2) is 46.8 Å². The number of anilines is 1. The van der Waals surface area contributed by atoms with Crippen LogP contribution in [-0.2, 0) is 24.6 Å². The topological polar surface area (TPSA) is 104 Å². The van der Waals surface area contributed by atoms with Crippen molar-refractivity contribution < 1.29 is 29.0 Å². The number of likely N-dealkylation sites (tertiary alicyclic amines) is 1. The summed E-state index contributed by atoms with van der Waals surface area (Å²) in [5.74, 6) is -3.87. The molecule has 6 atom stereocenters. The van der Waals surface area contributed by atoms with Gasteiger partial charge in [-0.15, -0.1) is 0 Å². The molecule has 1 N–H and O–H groups in total. The highest BCUT2D eigenvalue weighted by Gasteiger charge is 2.70. The number of carbonyl (C=O) groups excluding carboxylic acids is 4. The normalized spacial score (nSPS) is 29.9. The molecule has 10 heteroatoms. The predicted molar refractivity (Wildman–Crippen MR) is 192 cm³/mol. The second kappa shape index (κ2) is 12.3. The molecule has 2 aliphatic heterocycles. The molecule has 8 rings (SSSR count). The number of fused-ring (bicyclic) bond motifs is 4. The molecule has 0 spiro atoms. The van der Waals surface area contributed by atoms with Gasteiger partial charge >= 0.3 is 0 Å². The zero-order chi connectivity index (χ0) is 34.2. The van der Waals surface area contributed by atoms with Crippen LogP contribution in [0.4, 0.5) is 5.69 Å². The number of imide groups is 2. The third-order valence-corrected chi connectivity index (χ3v) is 12.8. The van der Waals surface area contributed by atoms with Gasteiger partial charge < -0.3 is 9.84 Å². The zero-order valence-electron chi connectivity index (χ0n) is 27.0. The number of ether oxygens (including phenoxy) is 1.